The molecule has 1 aliphatic rings. The van der Waals surface area contributed by atoms with Gasteiger partial charge in [0.05, 0.1) is 23.9 Å². The molecule has 1 aliphatic heterocycles. The van der Waals surface area contributed by atoms with Gasteiger partial charge >= 0.3 is 0 Å². The van der Waals surface area contributed by atoms with Crippen LogP contribution in [0.1, 0.15) is 40.5 Å². The average molecular weight is 259 g/mol. The quantitative estimate of drug-likeness (QED) is 0.788. The van der Waals surface area contributed by atoms with E-state index in [-0.39, 0.29) is 11.7 Å². The molecule has 4 nitrogen and oxygen atoms in total. The fraction of sp³-hybridized carbons (Fsp3) is 1.00. The van der Waals surface area contributed by atoms with Crippen molar-refractivity contribution in [2.24, 2.45) is 0 Å². The van der Waals surface area contributed by atoms with E-state index < -0.39 is 5.60 Å². The second-order valence-electron chi connectivity index (χ2n) is 6.06. The van der Waals surface area contributed by atoms with Crippen molar-refractivity contribution in [2.75, 3.05) is 33.4 Å². The molecule has 1 heterocycles. The predicted octanol–water partition coefficient (Wildman–Crippen LogP) is 1.66. The van der Waals surface area contributed by atoms with Crippen molar-refractivity contribution >= 4 is 0 Å². The highest BCUT2D eigenvalue weighted by Gasteiger charge is 2.36. The summed E-state index contributed by atoms with van der Waals surface area (Å²) in [5, 5.41) is 10.5. The lowest BCUT2D eigenvalue weighted by atomic mass is 9.95. The maximum Gasteiger partial charge on any atom is 0.0942 e. The van der Waals surface area contributed by atoms with Crippen LogP contribution in [0.2, 0.25) is 0 Å². The first-order valence-corrected chi connectivity index (χ1v) is 6.95. The van der Waals surface area contributed by atoms with E-state index in [9.17, 15) is 5.11 Å². The highest BCUT2D eigenvalue weighted by molar-refractivity contribution is 4.88. The van der Waals surface area contributed by atoms with Crippen molar-refractivity contribution in [2.45, 2.75) is 57.8 Å². The Morgan fingerprint density at radius 2 is 2.00 bits per heavy atom. The molecule has 0 spiro atoms. The molecular weight excluding hydrogens is 230 g/mol. The van der Waals surface area contributed by atoms with Crippen LogP contribution in [-0.2, 0) is 9.47 Å². The number of morpholine rings is 1. The summed E-state index contributed by atoms with van der Waals surface area (Å²) in [6, 6.07) is 0. The van der Waals surface area contributed by atoms with Gasteiger partial charge in [-0.05, 0) is 26.7 Å². The van der Waals surface area contributed by atoms with E-state index in [1.54, 1.807) is 7.11 Å². The number of ether oxygens (including phenoxy) is 2. The molecule has 0 saturated carbocycles. The Kier molecular flexibility index (Phi) is 5.59. The molecule has 0 aromatic heterocycles. The van der Waals surface area contributed by atoms with E-state index in [4.69, 9.17) is 9.47 Å². The molecule has 4 heteroatoms. The number of methoxy groups -OCH3 is 1. The van der Waals surface area contributed by atoms with Crippen molar-refractivity contribution in [1.29, 1.82) is 0 Å². The Morgan fingerprint density at radius 3 is 2.50 bits per heavy atom. The molecule has 1 unspecified atom stereocenters. The second-order valence-corrected chi connectivity index (χ2v) is 6.06. The summed E-state index contributed by atoms with van der Waals surface area (Å²) < 4.78 is 11.2. The van der Waals surface area contributed by atoms with Crippen LogP contribution in [0.4, 0.5) is 0 Å². The van der Waals surface area contributed by atoms with Crippen molar-refractivity contribution in [3.63, 3.8) is 0 Å². The number of aliphatic hydroxyl groups is 1. The largest absolute Gasteiger partial charge is 0.389 e. The van der Waals surface area contributed by atoms with Crippen molar-refractivity contribution in [3.05, 3.63) is 0 Å². The van der Waals surface area contributed by atoms with Gasteiger partial charge in [-0.2, -0.15) is 0 Å². The standard InChI is InChI=1S/C14H29NO3/c1-6-14(16,7-2)11-15-8-12(9-17-5)18-13(3,4)10-15/h12,16H,6-11H2,1-5H3. The average Bonchev–Trinajstić information content (AvgIpc) is 2.27. The van der Waals surface area contributed by atoms with Gasteiger partial charge < -0.3 is 14.6 Å². The van der Waals surface area contributed by atoms with E-state index in [1.807, 2.05) is 13.8 Å². The Hall–Kier alpha value is -0.160. The first-order chi connectivity index (χ1) is 8.34. The van der Waals surface area contributed by atoms with Gasteiger partial charge in [0.25, 0.3) is 0 Å². The summed E-state index contributed by atoms with van der Waals surface area (Å²) in [5.74, 6) is 0. The first kappa shape index (κ1) is 15.9. The highest BCUT2D eigenvalue weighted by Crippen LogP contribution is 2.24. The summed E-state index contributed by atoms with van der Waals surface area (Å²) in [4.78, 5) is 2.31. The van der Waals surface area contributed by atoms with Gasteiger partial charge in [0, 0.05) is 26.7 Å². The third kappa shape index (κ3) is 4.50. The fourth-order valence-electron chi connectivity index (χ4n) is 2.70. The molecule has 0 aliphatic carbocycles. The van der Waals surface area contributed by atoms with E-state index in [1.165, 1.54) is 0 Å². The van der Waals surface area contributed by atoms with Crippen LogP contribution < -0.4 is 0 Å². The van der Waals surface area contributed by atoms with Crippen molar-refractivity contribution in [1.82, 2.24) is 4.90 Å². The number of nitrogens with zero attached hydrogens (tertiary/aromatic N) is 1. The van der Waals surface area contributed by atoms with Crippen LogP contribution in [0.25, 0.3) is 0 Å². The minimum absolute atomic E-state index is 0.0942. The zero-order chi connectivity index (χ0) is 13.8. The second kappa shape index (κ2) is 6.33. The monoisotopic (exact) mass is 259 g/mol. The van der Waals surface area contributed by atoms with Crippen LogP contribution in [0.3, 0.4) is 0 Å². The first-order valence-electron chi connectivity index (χ1n) is 6.95. The molecule has 0 aromatic rings. The van der Waals surface area contributed by atoms with Gasteiger partial charge in [0.1, 0.15) is 0 Å². The number of rotatable bonds is 6. The highest BCUT2D eigenvalue weighted by atomic mass is 16.5. The SMILES string of the molecule is CCC(O)(CC)CN1CC(COC)OC(C)(C)C1. The lowest BCUT2D eigenvalue weighted by Gasteiger charge is -2.45. The molecular formula is C14H29NO3. The Balaban J connectivity index is 2.64. The van der Waals surface area contributed by atoms with E-state index in [0.29, 0.717) is 13.2 Å². The van der Waals surface area contributed by atoms with Crippen molar-refractivity contribution < 1.29 is 14.6 Å². The third-order valence-corrected chi connectivity index (χ3v) is 3.74. The van der Waals surface area contributed by atoms with Crippen LogP contribution >= 0.6 is 0 Å². The van der Waals surface area contributed by atoms with E-state index in [2.05, 4.69) is 18.7 Å². The Bertz CT molecular complexity index is 251. The van der Waals surface area contributed by atoms with Gasteiger partial charge in [0.2, 0.25) is 0 Å². The predicted molar refractivity (Wildman–Crippen MR) is 72.8 cm³/mol. The lowest BCUT2D eigenvalue weighted by Crippen LogP contribution is -2.57. The molecule has 0 bridgehead atoms. The van der Waals surface area contributed by atoms with Crippen LogP contribution in [0.5, 0.6) is 0 Å². The normalized spacial score (nSPS) is 25.3. The fourth-order valence-corrected chi connectivity index (χ4v) is 2.70. The molecule has 1 atom stereocenters. The Morgan fingerprint density at radius 1 is 1.39 bits per heavy atom. The van der Waals surface area contributed by atoms with Crippen molar-refractivity contribution in [3.8, 4) is 0 Å². The molecule has 108 valence electrons. The minimum atomic E-state index is -0.578. The van der Waals surface area contributed by atoms with Crippen LogP contribution in [0.15, 0.2) is 0 Å². The summed E-state index contributed by atoms with van der Waals surface area (Å²) in [6.07, 6.45) is 1.67. The zero-order valence-electron chi connectivity index (χ0n) is 12.5. The van der Waals surface area contributed by atoms with Gasteiger partial charge in [-0.1, -0.05) is 13.8 Å². The maximum atomic E-state index is 10.5. The molecule has 18 heavy (non-hydrogen) atoms. The van der Waals surface area contributed by atoms with E-state index >= 15 is 0 Å². The topological polar surface area (TPSA) is 41.9 Å². The van der Waals surface area contributed by atoms with Crippen LogP contribution in [0, 0.1) is 0 Å². The van der Waals surface area contributed by atoms with Gasteiger partial charge in [-0.25, -0.2) is 0 Å². The van der Waals surface area contributed by atoms with Gasteiger partial charge in [-0.3, -0.25) is 4.90 Å². The number of hydrogen-bond donors (Lipinski definition) is 1. The Labute approximate surface area is 111 Å². The summed E-state index contributed by atoms with van der Waals surface area (Å²) in [6.45, 7) is 11.3. The summed E-state index contributed by atoms with van der Waals surface area (Å²) >= 11 is 0. The van der Waals surface area contributed by atoms with Gasteiger partial charge in [0.15, 0.2) is 0 Å². The zero-order valence-corrected chi connectivity index (χ0v) is 12.5. The minimum Gasteiger partial charge on any atom is -0.389 e. The smallest absolute Gasteiger partial charge is 0.0942 e. The summed E-state index contributed by atoms with van der Waals surface area (Å²) in [7, 11) is 1.70. The third-order valence-electron chi connectivity index (χ3n) is 3.74. The van der Waals surface area contributed by atoms with Crippen LogP contribution in [-0.4, -0.2) is 60.7 Å². The molecule has 1 fully saturated rings. The molecule has 1 saturated heterocycles. The molecule has 0 aromatic carbocycles. The number of β-amino-alcohol motifs (C(OH)–C–C–N with tert-alkyl or cyclic N) is 1. The summed E-state index contributed by atoms with van der Waals surface area (Å²) in [5.41, 5.74) is -0.755. The molecule has 0 amide bonds. The number of hydrogen-bond acceptors (Lipinski definition) is 4. The molecule has 1 rings (SSSR count). The molecule has 0 radical (unpaired) electrons. The lowest BCUT2D eigenvalue weighted by molar-refractivity contribution is -0.162. The molecule has 1 N–H and O–H groups in total. The maximum absolute atomic E-state index is 10.5. The van der Waals surface area contributed by atoms with E-state index in [0.717, 1.165) is 25.9 Å². The van der Waals surface area contributed by atoms with Gasteiger partial charge in [-0.15, -0.1) is 0 Å².